The summed E-state index contributed by atoms with van der Waals surface area (Å²) in [7, 11) is 0. The molecule has 0 aromatic carbocycles. The standard InChI is InChI=1S/C9H10N6/c10-8-9(14-5-13-8)15-2-6-1-11-4-12-7(6)3-15/h1,4-5H,2-3,10H2,(H,13,14). The Morgan fingerprint density at radius 3 is 3.00 bits per heavy atom. The first-order valence-corrected chi connectivity index (χ1v) is 4.66. The first-order valence-electron chi connectivity index (χ1n) is 4.66. The Morgan fingerprint density at radius 1 is 1.33 bits per heavy atom. The van der Waals surface area contributed by atoms with Gasteiger partial charge in [0.2, 0.25) is 0 Å². The monoisotopic (exact) mass is 202 g/mol. The van der Waals surface area contributed by atoms with Crippen molar-refractivity contribution < 1.29 is 0 Å². The number of hydrogen-bond donors (Lipinski definition) is 2. The van der Waals surface area contributed by atoms with Crippen LogP contribution in [0.2, 0.25) is 0 Å². The number of imidazole rings is 1. The van der Waals surface area contributed by atoms with Gasteiger partial charge in [0.15, 0.2) is 5.82 Å². The highest BCUT2D eigenvalue weighted by Gasteiger charge is 2.23. The Kier molecular flexibility index (Phi) is 1.61. The minimum atomic E-state index is 0.593. The lowest BCUT2D eigenvalue weighted by Gasteiger charge is -2.14. The largest absolute Gasteiger partial charge is 0.382 e. The molecule has 6 nitrogen and oxygen atoms in total. The summed E-state index contributed by atoms with van der Waals surface area (Å²) in [5, 5.41) is 0. The van der Waals surface area contributed by atoms with Gasteiger partial charge in [-0.15, -0.1) is 0 Å². The molecular formula is C9H10N6. The van der Waals surface area contributed by atoms with Crippen LogP contribution in [0.4, 0.5) is 11.6 Å². The Morgan fingerprint density at radius 2 is 2.27 bits per heavy atom. The third-order valence-electron chi connectivity index (χ3n) is 2.53. The normalized spacial score (nSPS) is 14.3. The van der Waals surface area contributed by atoms with Crippen LogP contribution in [0.1, 0.15) is 11.3 Å². The number of rotatable bonds is 1. The van der Waals surface area contributed by atoms with E-state index in [1.54, 1.807) is 12.7 Å². The van der Waals surface area contributed by atoms with E-state index in [0.29, 0.717) is 5.82 Å². The van der Waals surface area contributed by atoms with Crippen LogP contribution in [0, 0.1) is 0 Å². The molecule has 3 rings (SSSR count). The molecule has 0 bridgehead atoms. The Balaban J connectivity index is 1.94. The van der Waals surface area contributed by atoms with E-state index in [2.05, 4.69) is 24.8 Å². The summed E-state index contributed by atoms with van der Waals surface area (Å²) in [6.07, 6.45) is 5.00. The fourth-order valence-electron chi connectivity index (χ4n) is 1.80. The van der Waals surface area contributed by atoms with E-state index in [4.69, 9.17) is 5.73 Å². The lowest BCUT2D eigenvalue weighted by molar-refractivity contribution is 0.855. The number of anilines is 2. The Labute approximate surface area is 86.2 Å². The van der Waals surface area contributed by atoms with E-state index in [-0.39, 0.29) is 0 Å². The maximum Gasteiger partial charge on any atom is 0.171 e. The first kappa shape index (κ1) is 8.22. The molecule has 3 N–H and O–H groups in total. The van der Waals surface area contributed by atoms with Gasteiger partial charge in [-0.3, -0.25) is 0 Å². The molecule has 0 unspecified atom stereocenters. The van der Waals surface area contributed by atoms with Gasteiger partial charge in [-0.25, -0.2) is 15.0 Å². The highest BCUT2D eigenvalue weighted by Crippen LogP contribution is 2.27. The highest BCUT2D eigenvalue weighted by molar-refractivity contribution is 5.59. The number of aromatic nitrogens is 4. The molecule has 2 aromatic rings. The second-order valence-electron chi connectivity index (χ2n) is 3.49. The van der Waals surface area contributed by atoms with Crippen LogP contribution in [0.3, 0.4) is 0 Å². The van der Waals surface area contributed by atoms with Gasteiger partial charge in [-0.2, -0.15) is 0 Å². The van der Waals surface area contributed by atoms with E-state index < -0.39 is 0 Å². The van der Waals surface area contributed by atoms with Crippen molar-refractivity contribution in [2.75, 3.05) is 10.6 Å². The van der Waals surface area contributed by atoms with Crippen LogP contribution in [0.5, 0.6) is 0 Å². The number of aromatic amines is 1. The first-order chi connectivity index (χ1) is 7.34. The minimum Gasteiger partial charge on any atom is -0.382 e. The molecule has 1 aliphatic heterocycles. The number of hydrogen-bond acceptors (Lipinski definition) is 5. The van der Waals surface area contributed by atoms with Gasteiger partial charge in [-0.1, -0.05) is 0 Å². The van der Waals surface area contributed by atoms with E-state index in [0.717, 1.165) is 30.2 Å². The average molecular weight is 202 g/mol. The number of nitrogen functional groups attached to an aromatic ring is 1. The van der Waals surface area contributed by atoms with Crippen LogP contribution >= 0.6 is 0 Å². The van der Waals surface area contributed by atoms with E-state index in [9.17, 15) is 0 Å². The molecule has 0 saturated carbocycles. The number of nitrogens with two attached hydrogens (primary N) is 1. The molecule has 3 heterocycles. The van der Waals surface area contributed by atoms with Crippen molar-refractivity contribution in [2.24, 2.45) is 0 Å². The van der Waals surface area contributed by atoms with Crippen LogP contribution in [0.25, 0.3) is 0 Å². The number of H-pyrrole nitrogens is 1. The maximum absolute atomic E-state index is 5.76. The van der Waals surface area contributed by atoms with Crippen molar-refractivity contribution in [1.82, 2.24) is 19.9 Å². The maximum atomic E-state index is 5.76. The fraction of sp³-hybridized carbons (Fsp3) is 0.222. The lowest BCUT2D eigenvalue weighted by Crippen LogP contribution is -2.16. The summed E-state index contributed by atoms with van der Waals surface area (Å²) in [6, 6.07) is 0. The molecule has 0 radical (unpaired) electrons. The molecule has 15 heavy (non-hydrogen) atoms. The molecule has 0 atom stereocenters. The SMILES string of the molecule is Nc1[nH]cnc1N1Cc2cncnc2C1. The zero-order chi connectivity index (χ0) is 10.3. The van der Waals surface area contributed by atoms with E-state index in [1.807, 2.05) is 6.20 Å². The predicted octanol–water partition coefficient (Wildman–Crippen LogP) is 0.302. The van der Waals surface area contributed by atoms with Gasteiger partial charge < -0.3 is 15.6 Å². The molecule has 1 aliphatic rings. The van der Waals surface area contributed by atoms with Crippen LogP contribution < -0.4 is 10.6 Å². The van der Waals surface area contributed by atoms with Crippen molar-refractivity contribution in [1.29, 1.82) is 0 Å². The fourth-order valence-corrected chi connectivity index (χ4v) is 1.80. The molecule has 0 aliphatic carbocycles. The van der Waals surface area contributed by atoms with Crippen LogP contribution in [-0.4, -0.2) is 19.9 Å². The molecule has 76 valence electrons. The van der Waals surface area contributed by atoms with Gasteiger partial charge in [0.25, 0.3) is 0 Å². The number of nitrogens with one attached hydrogen (secondary N) is 1. The zero-order valence-corrected chi connectivity index (χ0v) is 8.01. The Hall–Kier alpha value is -2.11. The molecule has 0 spiro atoms. The van der Waals surface area contributed by atoms with E-state index in [1.165, 1.54) is 0 Å². The zero-order valence-electron chi connectivity index (χ0n) is 8.01. The average Bonchev–Trinajstić information content (AvgIpc) is 2.82. The summed E-state index contributed by atoms with van der Waals surface area (Å²) < 4.78 is 0. The second kappa shape index (κ2) is 2.94. The molecule has 2 aromatic heterocycles. The van der Waals surface area contributed by atoms with Crippen LogP contribution in [-0.2, 0) is 13.1 Å². The van der Waals surface area contributed by atoms with Gasteiger partial charge in [0, 0.05) is 18.3 Å². The lowest BCUT2D eigenvalue weighted by atomic mass is 10.3. The Bertz CT molecular complexity index is 466. The predicted molar refractivity (Wildman–Crippen MR) is 54.9 cm³/mol. The second-order valence-corrected chi connectivity index (χ2v) is 3.49. The highest BCUT2D eigenvalue weighted by atomic mass is 15.2. The molecule has 6 heteroatoms. The summed E-state index contributed by atoms with van der Waals surface area (Å²) in [4.78, 5) is 17.3. The van der Waals surface area contributed by atoms with Gasteiger partial charge >= 0.3 is 0 Å². The third-order valence-corrected chi connectivity index (χ3v) is 2.53. The minimum absolute atomic E-state index is 0.593. The molecule has 0 amide bonds. The van der Waals surface area contributed by atoms with Crippen molar-refractivity contribution in [3.8, 4) is 0 Å². The van der Waals surface area contributed by atoms with Gasteiger partial charge in [0.1, 0.15) is 12.1 Å². The number of fused-ring (bicyclic) bond motifs is 1. The molecule has 0 fully saturated rings. The van der Waals surface area contributed by atoms with Gasteiger partial charge in [-0.05, 0) is 0 Å². The van der Waals surface area contributed by atoms with Crippen molar-refractivity contribution in [2.45, 2.75) is 13.1 Å². The summed E-state index contributed by atoms with van der Waals surface area (Å²) >= 11 is 0. The molecule has 0 saturated heterocycles. The van der Waals surface area contributed by atoms with Crippen molar-refractivity contribution >= 4 is 11.6 Å². The van der Waals surface area contributed by atoms with Crippen molar-refractivity contribution in [3.05, 3.63) is 30.1 Å². The third kappa shape index (κ3) is 1.22. The quantitative estimate of drug-likeness (QED) is 0.695. The van der Waals surface area contributed by atoms with Gasteiger partial charge in [0.05, 0.1) is 18.6 Å². The smallest absolute Gasteiger partial charge is 0.171 e. The molecular weight excluding hydrogens is 192 g/mol. The van der Waals surface area contributed by atoms with Crippen LogP contribution in [0.15, 0.2) is 18.9 Å². The topological polar surface area (TPSA) is 83.7 Å². The van der Waals surface area contributed by atoms with E-state index >= 15 is 0 Å². The summed E-state index contributed by atoms with van der Waals surface area (Å²) in [5.74, 6) is 1.38. The summed E-state index contributed by atoms with van der Waals surface area (Å²) in [5.41, 5.74) is 7.95. The summed E-state index contributed by atoms with van der Waals surface area (Å²) in [6.45, 7) is 1.51. The number of nitrogens with zero attached hydrogens (tertiary/aromatic N) is 4. The van der Waals surface area contributed by atoms with Crippen molar-refractivity contribution in [3.63, 3.8) is 0 Å².